The number of nitrogens with one attached hydrogen (secondary N) is 2. The van der Waals surface area contributed by atoms with E-state index in [-0.39, 0.29) is 12.4 Å². The Bertz CT molecular complexity index is 472. The third-order valence-corrected chi connectivity index (χ3v) is 2.83. The fraction of sp³-hybridized carbons (Fsp3) is 0.533. The van der Waals surface area contributed by atoms with Crippen LogP contribution in [-0.2, 0) is 6.42 Å². The molecular formula is C15H21F4N3. The molecule has 0 aromatic heterocycles. The molecule has 0 saturated heterocycles. The van der Waals surface area contributed by atoms with E-state index in [0.717, 1.165) is 5.56 Å². The van der Waals surface area contributed by atoms with E-state index in [4.69, 9.17) is 0 Å². The van der Waals surface area contributed by atoms with Crippen molar-refractivity contribution in [2.75, 3.05) is 19.6 Å². The summed E-state index contributed by atoms with van der Waals surface area (Å²) in [5.74, 6) is 0.0918. The van der Waals surface area contributed by atoms with Crippen molar-refractivity contribution in [3.8, 4) is 0 Å². The molecule has 22 heavy (non-hydrogen) atoms. The first kappa shape index (κ1) is 18.3. The summed E-state index contributed by atoms with van der Waals surface area (Å²) in [6.45, 7) is 2.66. The number of rotatable bonds is 7. The van der Waals surface area contributed by atoms with Crippen molar-refractivity contribution < 1.29 is 17.6 Å². The molecule has 3 nitrogen and oxygen atoms in total. The molecule has 0 spiro atoms. The number of nitrogens with zero attached hydrogens (tertiary/aromatic N) is 1. The van der Waals surface area contributed by atoms with Crippen LogP contribution in [0.3, 0.4) is 0 Å². The normalized spacial score (nSPS) is 12.3. The van der Waals surface area contributed by atoms with Crippen LogP contribution in [0.1, 0.15) is 25.3 Å². The number of alkyl halides is 3. The molecule has 0 radical (unpaired) electrons. The fourth-order valence-electron chi connectivity index (χ4n) is 1.83. The molecule has 124 valence electrons. The fourth-order valence-corrected chi connectivity index (χ4v) is 1.83. The van der Waals surface area contributed by atoms with E-state index in [0.29, 0.717) is 31.9 Å². The molecule has 0 aliphatic rings. The second-order valence-electron chi connectivity index (χ2n) is 4.79. The van der Waals surface area contributed by atoms with Crippen molar-refractivity contribution >= 4 is 5.96 Å². The van der Waals surface area contributed by atoms with Gasteiger partial charge in [0.25, 0.3) is 0 Å². The van der Waals surface area contributed by atoms with Gasteiger partial charge in [0.15, 0.2) is 5.96 Å². The van der Waals surface area contributed by atoms with E-state index in [2.05, 4.69) is 15.6 Å². The average Bonchev–Trinajstić information content (AvgIpc) is 2.42. The number of hydrogen-bond acceptors (Lipinski definition) is 1. The van der Waals surface area contributed by atoms with Crippen molar-refractivity contribution in [1.29, 1.82) is 0 Å². The maximum absolute atomic E-state index is 13.0. The number of benzene rings is 1. The molecule has 0 unspecified atom stereocenters. The minimum atomic E-state index is -4.18. The first-order valence-electron chi connectivity index (χ1n) is 7.24. The van der Waals surface area contributed by atoms with Crippen molar-refractivity contribution in [2.45, 2.75) is 32.4 Å². The largest absolute Gasteiger partial charge is 0.390 e. The summed E-state index contributed by atoms with van der Waals surface area (Å²) in [5.41, 5.74) is 0.880. The van der Waals surface area contributed by atoms with Crippen molar-refractivity contribution in [3.05, 3.63) is 35.6 Å². The predicted molar refractivity (Wildman–Crippen MR) is 79.4 cm³/mol. The molecule has 0 aliphatic carbocycles. The van der Waals surface area contributed by atoms with Gasteiger partial charge in [0.2, 0.25) is 0 Å². The van der Waals surface area contributed by atoms with Gasteiger partial charge in [-0.05, 0) is 37.5 Å². The summed E-state index contributed by atoms with van der Waals surface area (Å²) >= 11 is 0. The van der Waals surface area contributed by atoms with E-state index < -0.39 is 12.6 Å². The van der Waals surface area contributed by atoms with E-state index in [1.807, 2.05) is 13.0 Å². The Morgan fingerprint density at radius 1 is 1.23 bits per heavy atom. The Morgan fingerprint density at radius 2 is 2.00 bits per heavy atom. The highest BCUT2D eigenvalue weighted by Gasteiger charge is 2.26. The summed E-state index contributed by atoms with van der Waals surface area (Å²) in [7, 11) is 0. The van der Waals surface area contributed by atoms with E-state index in [1.54, 1.807) is 6.07 Å². The third kappa shape index (κ3) is 8.49. The van der Waals surface area contributed by atoms with Crippen molar-refractivity contribution in [3.63, 3.8) is 0 Å². The van der Waals surface area contributed by atoms with E-state index in [1.165, 1.54) is 12.1 Å². The molecule has 0 bridgehead atoms. The SMILES string of the molecule is CCNC(=NCCCc1cccc(F)c1)NCCC(F)(F)F. The van der Waals surface area contributed by atoms with Crippen LogP contribution in [0.5, 0.6) is 0 Å². The van der Waals surface area contributed by atoms with Crippen LogP contribution in [0, 0.1) is 5.82 Å². The average molecular weight is 319 g/mol. The van der Waals surface area contributed by atoms with E-state index >= 15 is 0 Å². The van der Waals surface area contributed by atoms with Crippen LogP contribution in [0.4, 0.5) is 17.6 Å². The smallest absolute Gasteiger partial charge is 0.357 e. The molecule has 0 saturated carbocycles. The maximum atomic E-state index is 13.0. The quantitative estimate of drug-likeness (QED) is 0.350. The molecule has 1 aromatic rings. The number of aliphatic imine (C=N–C) groups is 1. The zero-order valence-corrected chi connectivity index (χ0v) is 12.5. The lowest BCUT2D eigenvalue weighted by atomic mass is 10.1. The Morgan fingerprint density at radius 3 is 2.64 bits per heavy atom. The van der Waals surface area contributed by atoms with Gasteiger partial charge >= 0.3 is 6.18 Å². The summed E-state index contributed by atoms with van der Waals surface area (Å²) in [6.07, 6.45) is -3.72. The molecule has 7 heteroatoms. The van der Waals surface area contributed by atoms with Crippen LogP contribution in [-0.4, -0.2) is 31.8 Å². The highest BCUT2D eigenvalue weighted by molar-refractivity contribution is 5.79. The lowest BCUT2D eigenvalue weighted by Crippen LogP contribution is -2.39. The Labute approximate surface area is 127 Å². The molecule has 0 amide bonds. The van der Waals surface area contributed by atoms with Crippen LogP contribution in [0.25, 0.3) is 0 Å². The van der Waals surface area contributed by atoms with Crippen LogP contribution >= 0.6 is 0 Å². The maximum Gasteiger partial charge on any atom is 0.390 e. The minimum Gasteiger partial charge on any atom is -0.357 e. The molecule has 0 heterocycles. The standard InChI is InChI=1S/C15H21F4N3/c1-2-20-14(22-10-8-15(17,18)19)21-9-4-6-12-5-3-7-13(16)11-12/h3,5,7,11H,2,4,6,8-10H2,1H3,(H2,20,21,22). The van der Waals surface area contributed by atoms with Crippen LogP contribution < -0.4 is 10.6 Å². The van der Waals surface area contributed by atoms with Gasteiger partial charge in [0.1, 0.15) is 5.82 Å². The summed E-state index contributed by atoms with van der Waals surface area (Å²) < 4.78 is 49.3. The Balaban J connectivity index is 2.35. The topological polar surface area (TPSA) is 36.4 Å². The molecule has 2 N–H and O–H groups in total. The minimum absolute atomic E-state index is 0.209. The highest BCUT2D eigenvalue weighted by Crippen LogP contribution is 2.18. The van der Waals surface area contributed by atoms with Gasteiger partial charge in [0, 0.05) is 19.6 Å². The van der Waals surface area contributed by atoms with Crippen molar-refractivity contribution in [1.82, 2.24) is 10.6 Å². The molecular weight excluding hydrogens is 298 g/mol. The summed E-state index contributed by atoms with van der Waals surface area (Å²) in [5, 5.41) is 5.53. The zero-order chi connectivity index (χ0) is 16.4. The Kier molecular flexibility index (Phi) is 7.70. The van der Waals surface area contributed by atoms with Gasteiger partial charge in [-0.3, -0.25) is 4.99 Å². The first-order valence-corrected chi connectivity index (χ1v) is 7.24. The van der Waals surface area contributed by atoms with Gasteiger partial charge in [-0.2, -0.15) is 13.2 Å². The molecule has 0 fully saturated rings. The highest BCUT2D eigenvalue weighted by atomic mass is 19.4. The summed E-state index contributed by atoms with van der Waals surface area (Å²) in [6, 6.07) is 6.34. The second-order valence-corrected chi connectivity index (χ2v) is 4.79. The molecule has 1 aromatic carbocycles. The Hall–Kier alpha value is -1.79. The van der Waals surface area contributed by atoms with Crippen LogP contribution in [0.15, 0.2) is 29.3 Å². The lowest BCUT2D eigenvalue weighted by molar-refractivity contribution is -0.132. The van der Waals surface area contributed by atoms with Gasteiger partial charge in [0.05, 0.1) is 6.42 Å². The van der Waals surface area contributed by atoms with E-state index in [9.17, 15) is 17.6 Å². The zero-order valence-electron chi connectivity index (χ0n) is 12.5. The van der Waals surface area contributed by atoms with Crippen LogP contribution in [0.2, 0.25) is 0 Å². The number of guanidine groups is 1. The summed E-state index contributed by atoms with van der Waals surface area (Å²) in [4.78, 5) is 4.20. The number of halogens is 4. The van der Waals surface area contributed by atoms with Gasteiger partial charge in [-0.15, -0.1) is 0 Å². The molecule has 0 atom stereocenters. The van der Waals surface area contributed by atoms with Gasteiger partial charge in [-0.25, -0.2) is 4.39 Å². The number of aryl methyl sites for hydroxylation is 1. The third-order valence-electron chi connectivity index (χ3n) is 2.83. The predicted octanol–water partition coefficient (Wildman–Crippen LogP) is 3.27. The molecule has 0 aliphatic heterocycles. The number of hydrogen-bond donors (Lipinski definition) is 2. The van der Waals surface area contributed by atoms with Gasteiger partial charge < -0.3 is 10.6 Å². The molecule has 1 rings (SSSR count). The first-order chi connectivity index (χ1) is 10.4. The van der Waals surface area contributed by atoms with Gasteiger partial charge in [-0.1, -0.05) is 12.1 Å². The van der Waals surface area contributed by atoms with Crippen molar-refractivity contribution in [2.24, 2.45) is 4.99 Å². The lowest BCUT2D eigenvalue weighted by Gasteiger charge is -2.12. The monoisotopic (exact) mass is 319 g/mol. The second kappa shape index (κ2) is 9.27.